The van der Waals surface area contributed by atoms with Gasteiger partial charge in [0.1, 0.15) is 0 Å². The van der Waals surface area contributed by atoms with E-state index in [0.29, 0.717) is 5.69 Å². The monoisotopic (exact) mass is 313 g/mol. The lowest BCUT2D eigenvalue weighted by Crippen LogP contribution is -2.54. The molecule has 0 saturated heterocycles. The third-order valence-corrected chi connectivity index (χ3v) is 5.18. The normalized spacial score (nSPS) is 14.8. The summed E-state index contributed by atoms with van der Waals surface area (Å²) in [4.78, 5) is 11.1. The predicted molar refractivity (Wildman–Crippen MR) is 83.4 cm³/mol. The van der Waals surface area contributed by atoms with Crippen LogP contribution in [0.5, 0.6) is 0 Å². The molecule has 0 aromatic heterocycles. The number of sulfonamides is 1. The zero-order valence-electron chi connectivity index (χ0n) is 12.8. The standard InChI is InChI=1S/C14H23N3O3S/c1-10(2)14(4,9-15)17-21(19,20)13-7-5-12(6-8-13)16-11(3)18/h5-8,10,17H,9,15H2,1-4H3,(H,16,18). The highest BCUT2D eigenvalue weighted by Gasteiger charge is 2.32. The molecule has 1 amide bonds. The highest BCUT2D eigenvalue weighted by atomic mass is 32.2. The molecule has 1 aromatic carbocycles. The number of nitrogens with one attached hydrogen (secondary N) is 2. The van der Waals surface area contributed by atoms with Gasteiger partial charge in [0.25, 0.3) is 0 Å². The summed E-state index contributed by atoms with van der Waals surface area (Å²) in [6.07, 6.45) is 0. The highest BCUT2D eigenvalue weighted by molar-refractivity contribution is 7.89. The first-order valence-electron chi connectivity index (χ1n) is 6.72. The molecule has 0 spiro atoms. The summed E-state index contributed by atoms with van der Waals surface area (Å²) >= 11 is 0. The van der Waals surface area contributed by atoms with Gasteiger partial charge in [-0.15, -0.1) is 0 Å². The first-order valence-corrected chi connectivity index (χ1v) is 8.21. The van der Waals surface area contributed by atoms with Gasteiger partial charge < -0.3 is 11.1 Å². The lowest BCUT2D eigenvalue weighted by Gasteiger charge is -2.33. The summed E-state index contributed by atoms with van der Waals surface area (Å²) < 4.78 is 27.4. The molecule has 6 nitrogen and oxygen atoms in total. The average molecular weight is 313 g/mol. The zero-order chi connectivity index (χ0) is 16.3. The van der Waals surface area contributed by atoms with Gasteiger partial charge in [-0.25, -0.2) is 13.1 Å². The zero-order valence-corrected chi connectivity index (χ0v) is 13.6. The molecule has 0 aliphatic rings. The Bertz CT molecular complexity index is 596. The van der Waals surface area contributed by atoms with Gasteiger partial charge in [-0.2, -0.15) is 0 Å². The van der Waals surface area contributed by atoms with Crippen molar-refractivity contribution in [3.63, 3.8) is 0 Å². The van der Waals surface area contributed by atoms with Gasteiger partial charge in [-0.3, -0.25) is 4.79 Å². The SMILES string of the molecule is CC(=O)Nc1ccc(S(=O)(=O)NC(C)(CN)C(C)C)cc1. The van der Waals surface area contributed by atoms with Gasteiger partial charge in [0.2, 0.25) is 15.9 Å². The number of hydrogen-bond donors (Lipinski definition) is 3. The molecule has 0 fully saturated rings. The van der Waals surface area contributed by atoms with E-state index in [2.05, 4.69) is 10.0 Å². The van der Waals surface area contributed by atoms with Crippen LogP contribution in [0.3, 0.4) is 0 Å². The fourth-order valence-electron chi connectivity index (χ4n) is 1.68. The minimum atomic E-state index is -3.66. The lowest BCUT2D eigenvalue weighted by molar-refractivity contribution is -0.114. The van der Waals surface area contributed by atoms with Crippen molar-refractivity contribution in [3.8, 4) is 0 Å². The maximum absolute atomic E-state index is 12.4. The van der Waals surface area contributed by atoms with Crippen LogP contribution in [0.1, 0.15) is 27.7 Å². The molecule has 21 heavy (non-hydrogen) atoms. The Balaban J connectivity index is 3.00. The minimum Gasteiger partial charge on any atom is -0.329 e. The van der Waals surface area contributed by atoms with Crippen LogP contribution in [-0.4, -0.2) is 26.4 Å². The van der Waals surface area contributed by atoms with Gasteiger partial charge in [0.15, 0.2) is 0 Å². The first-order chi connectivity index (χ1) is 9.60. The Morgan fingerprint density at radius 3 is 2.19 bits per heavy atom. The molecule has 1 aromatic rings. The molecule has 1 unspecified atom stereocenters. The van der Waals surface area contributed by atoms with Crippen LogP contribution in [-0.2, 0) is 14.8 Å². The van der Waals surface area contributed by atoms with E-state index in [9.17, 15) is 13.2 Å². The van der Waals surface area contributed by atoms with Crippen molar-refractivity contribution in [3.05, 3.63) is 24.3 Å². The maximum atomic E-state index is 12.4. The summed E-state index contributed by atoms with van der Waals surface area (Å²) in [5, 5.41) is 2.59. The van der Waals surface area contributed by atoms with Gasteiger partial charge in [0, 0.05) is 24.7 Å². The van der Waals surface area contributed by atoms with Crippen molar-refractivity contribution in [2.24, 2.45) is 11.7 Å². The van der Waals surface area contributed by atoms with E-state index in [0.717, 1.165) is 0 Å². The van der Waals surface area contributed by atoms with E-state index in [-0.39, 0.29) is 23.3 Å². The molecule has 1 atom stereocenters. The number of carbonyl (C=O) groups excluding carboxylic acids is 1. The van der Waals surface area contributed by atoms with Crippen LogP contribution in [0.2, 0.25) is 0 Å². The van der Waals surface area contributed by atoms with E-state index in [4.69, 9.17) is 5.73 Å². The quantitative estimate of drug-likeness (QED) is 0.736. The van der Waals surface area contributed by atoms with Crippen molar-refractivity contribution >= 4 is 21.6 Å². The molecule has 0 bridgehead atoms. The van der Waals surface area contributed by atoms with Crippen LogP contribution in [0.15, 0.2) is 29.2 Å². The molecule has 4 N–H and O–H groups in total. The number of hydrogen-bond acceptors (Lipinski definition) is 4. The van der Waals surface area contributed by atoms with Crippen LogP contribution >= 0.6 is 0 Å². The van der Waals surface area contributed by atoms with Crippen molar-refractivity contribution in [1.29, 1.82) is 0 Å². The number of rotatable bonds is 6. The summed E-state index contributed by atoms with van der Waals surface area (Å²) in [5.74, 6) is -0.157. The van der Waals surface area contributed by atoms with Crippen molar-refractivity contribution in [2.75, 3.05) is 11.9 Å². The molecule has 0 saturated carbocycles. The molecule has 0 aliphatic heterocycles. The molecular formula is C14H23N3O3S. The second-order valence-electron chi connectivity index (χ2n) is 5.59. The van der Waals surface area contributed by atoms with Crippen LogP contribution in [0, 0.1) is 5.92 Å². The number of benzene rings is 1. The smallest absolute Gasteiger partial charge is 0.241 e. The summed E-state index contributed by atoms with van der Waals surface area (Å²) in [7, 11) is -3.66. The lowest BCUT2D eigenvalue weighted by atomic mass is 9.90. The average Bonchev–Trinajstić information content (AvgIpc) is 2.37. The van der Waals surface area contributed by atoms with E-state index in [1.54, 1.807) is 19.1 Å². The summed E-state index contributed by atoms with van der Waals surface area (Å²) in [6.45, 7) is 7.20. The second-order valence-corrected chi connectivity index (χ2v) is 7.27. The molecule has 1 rings (SSSR count). The van der Waals surface area contributed by atoms with Gasteiger partial charge in [-0.05, 0) is 37.1 Å². The van der Waals surface area contributed by atoms with E-state index in [1.807, 2.05) is 13.8 Å². The maximum Gasteiger partial charge on any atom is 0.241 e. The van der Waals surface area contributed by atoms with Crippen LogP contribution in [0.4, 0.5) is 5.69 Å². The van der Waals surface area contributed by atoms with Crippen molar-refractivity contribution in [2.45, 2.75) is 38.1 Å². The predicted octanol–water partition coefficient (Wildman–Crippen LogP) is 1.30. The minimum absolute atomic E-state index is 0.0518. The Morgan fingerprint density at radius 2 is 1.81 bits per heavy atom. The highest BCUT2D eigenvalue weighted by Crippen LogP contribution is 2.20. The second kappa shape index (κ2) is 6.55. The fraction of sp³-hybridized carbons (Fsp3) is 0.500. The molecule has 0 aliphatic carbocycles. The number of nitrogens with two attached hydrogens (primary N) is 1. The van der Waals surface area contributed by atoms with E-state index in [1.165, 1.54) is 19.1 Å². The first kappa shape index (κ1) is 17.6. The topological polar surface area (TPSA) is 101 Å². The molecule has 118 valence electrons. The summed E-state index contributed by atoms with van der Waals surface area (Å²) in [6, 6.07) is 5.99. The largest absolute Gasteiger partial charge is 0.329 e. The number of amides is 1. The van der Waals surface area contributed by atoms with Crippen molar-refractivity contribution < 1.29 is 13.2 Å². The Labute approximate surface area is 126 Å². The van der Waals surface area contributed by atoms with Crippen LogP contribution in [0.25, 0.3) is 0 Å². The Kier molecular flexibility index (Phi) is 5.49. The molecular weight excluding hydrogens is 290 g/mol. The van der Waals surface area contributed by atoms with E-state index >= 15 is 0 Å². The third kappa shape index (κ3) is 4.52. The molecule has 0 radical (unpaired) electrons. The van der Waals surface area contributed by atoms with Crippen molar-refractivity contribution in [1.82, 2.24) is 4.72 Å². The van der Waals surface area contributed by atoms with Gasteiger partial charge in [-0.1, -0.05) is 13.8 Å². The fourth-order valence-corrected chi connectivity index (χ4v) is 3.23. The number of carbonyl (C=O) groups is 1. The molecule has 0 heterocycles. The summed E-state index contributed by atoms with van der Waals surface area (Å²) in [5.41, 5.74) is 5.53. The molecule has 7 heteroatoms. The number of anilines is 1. The van der Waals surface area contributed by atoms with Gasteiger partial charge >= 0.3 is 0 Å². The van der Waals surface area contributed by atoms with E-state index < -0.39 is 15.6 Å². The van der Waals surface area contributed by atoms with Gasteiger partial charge in [0.05, 0.1) is 4.90 Å². The third-order valence-electron chi connectivity index (χ3n) is 3.55. The Hall–Kier alpha value is -1.44. The van der Waals surface area contributed by atoms with Crippen LogP contribution < -0.4 is 15.8 Å². The Morgan fingerprint density at radius 1 is 1.29 bits per heavy atom.